The fourth-order valence-electron chi connectivity index (χ4n) is 2.17. The monoisotopic (exact) mass is 329 g/mol. The van der Waals surface area contributed by atoms with Crippen LogP contribution in [0.4, 0.5) is 0 Å². The SMILES string of the molecule is Cc1ccc(C=c2sc(=CC(=O)C(C)(C)C)n(C)c2=O)c(C)c1. The highest BCUT2D eigenvalue weighted by molar-refractivity contribution is 7.07. The molecule has 1 aromatic carbocycles. The molecule has 0 aliphatic rings. The molecule has 3 nitrogen and oxygen atoms in total. The van der Waals surface area contributed by atoms with Crippen LogP contribution in [-0.2, 0) is 11.8 Å². The third-order valence-corrected chi connectivity index (χ3v) is 4.88. The maximum atomic E-state index is 12.4. The van der Waals surface area contributed by atoms with Crippen molar-refractivity contribution in [3.8, 4) is 0 Å². The lowest BCUT2D eigenvalue weighted by molar-refractivity contribution is -0.120. The summed E-state index contributed by atoms with van der Waals surface area (Å²) in [5.74, 6) is 0.0208. The van der Waals surface area contributed by atoms with Crippen LogP contribution in [-0.4, -0.2) is 10.4 Å². The number of ketones is 1. The van der Waals surface area contributed by atoms with E-state index in [4.69, 9.17) is 0 Å². The van der Waals surface area contributed by atoms with Crippen LogP contribution in [0.15, 0.2) is 23.0 Å². The molecule has 0 amide bonds. The van der Waals surface area contributed by atoms with E-state index >= 15 is 0 Å². The highest BCUT2D eigenvalue weighted by atomic mass is 32.1. The number of rotatable bonds is 2. The van der Waals surface area contributed by atoms with Gasteiger partial charge in [-0.15, -0.1) is 11.3 Å². The molecule has 0 aliphatic heterocycles. The van der Waals surface area contributed by atoms with Gasteiger partial charge in [0.15, 0.2) is 5.78 Å². The molecule has 0 N–H and O–H groups in total. The minimum atomic E-state index is -0.447. The summed E-state index contributed by atoms with van der Waals surface area (Å²) in [5.41, 5.74) is 2.85. The third-order valence-electron chi connectivity index (χ3n) is 3.77. The molecule has 0 radical (unpaired) electrons. The zero-order valence-electron chi connectivity index (χ0n) is 14.6. The third kappa shape index (κ3) is 3.88. The van der Waals surface area contributed by atoms with Crippen molar-refractivity contribution in [3.63, 3.8) is 0 Å². The molecule has 1 aromatic heterocycles. The summed E-state index contributed by atoms with van der Waals surface area (Å²) in [5, 5.41) is 0. The maximum absolute atomic E-state index is 12.4. The fourth-order valence-corrected chi connectivity index (χ4v) is 3.19. The van der Waals surface area contributed by atoms with Crippen LogP contribution in [0.5, 0.6) is 0 Å². The van der Waals surface area contributed by atoms with E-state index in [2.05, 4.69) is 6.07 Å². The molecule has 2 aromatic rings. The number of carbonyl (C=O) groups is 1. The highest BCUT2D eigenvalue weighted by Gasteiger charge is 2.19. The van der Waals surface area contributed by atoms with Gasteiger partial charge < -0.3 is 4.57 Å². The Hall–Kier alpha value is -1.94. The molecular formula is C19H23NO2S. The molecule has 0 saturated heterocycles. The van der Waals surface area contributed by atoms with E-state index in [1.54, 1.807) is 17.7 Å². The largest absolute Gasteiger partial charge is 0.302 e. The van der Waals surface area contributed by atoms with Gasteiger partial charge in [0.05, 0.1) is 4.53 Å². The van der Waals surface area contributed by atoms with Crippen LogP contribution in [0, 0.1) is 19.3 Å². The Bertz CT molecular complexity index is 924. The Kier molecular flexibility index (Phi) is 4.76. The van der Waals surface area contributed by atoms with Crippen molar-refractivity contribution >= 4 is 29.3 Å². The van der Waals surface area contributed by atoms with Crippen molar-refractivity contribution in [2.45, 2.75) is 34.6 Å². The first-order chi connectivity index (χ1) is 10.6. The van der Waals surface area contributed by atoms with Crippen LogP contribution in [0.1, 0.15) is 37.5 Å². The summed E-state index contributed by atoms with van der Waals surface area (Å²) in [6.45, 7) is 9.71. The van der Waals surface area contributed by atoms with E-state index in [1.807, 2.05) is 52.8 Å². The minimum absolute atomic E-state index is 0.0208. The Morgan fingerprint density at radius 1 is 1.22 bits per heavy atom. The Labute approximate surface area is 140 Å². The predicted molar refractivity (Wildman–Crippen MR) is 97.2 cm³/mol. The first-order valence-electron chi connectivity index (χ1n) is 7.60. The number of nitrogens with zero attached hydrogens (tertiary/aromatic N) is 1. The van der Waals surface area contributed by atoms with Gasteiger partial charge in [0.2, 0.25) is 0 Å². The molecule has 0 unspecified atom stereocenters. The van der Waals surface area contributed by atoms with Crippen molar-refractivity contribution in [1.29, 1.82) is 0 Å². The van der Waals surface area contributed by atoms with Gasteiger partial charge in [0.1, 0.15) is 4.66 Å². The van der Waals surface area contributed by atoms with Crippen molar-refractivity contribution in [3.05, 3.63) is 54.4 Å². The molecule has 0 fully saturated rings. The van der Waals surface area contributed by atoms with E-state index in [-0.39, 0.29) is 11.3 Å². The Morgan fingerprint density at radius 3 is 2.43 bits per heavy atom. The summed E-state index contributed by atoms with van der Waals surface area (Å²) in [6.07, 6.45) is 3.48. The molecule has 0 atom stereocenters. The maximum Gasteiger partial charge on any atom is 0.268 e. The first kappa shape index (κ1) is 17.4. The summed E-state index contributed by atoms with van der Waals surface area (Å²) < 4.78 is 2.88. The summed E-state index contributed by atoms with van der Waals surface area (Å²) in [7, 11) is 1.71. The second-order valence-corrected chi connectivity index (χ2v) is 7.99. The number of benzene rings is 1. The van der Waals surface area contributed by atoms with Crippen molar-refractivity contribution in [1.82, 2.24) is 4.57 Å². The zero-order valence-corrected chi connectivity index (χ0v) is 15.4. The molecule has 122 valence electrons. The van der Waals surface area contributed by atoms with Gasteiger partial charge >= 0.3 is 0 Å². The average molecular weight is 329 g/mol. The lowest BCUT2D eigenvalue weighted by Gasteiger charge is -2.12. The molecule has 0 saturated carbocycles. The van der Waals surface area contributed by atoms with E-state index in [0.29, 0.717) is 9.20 Å². The quantitative estimate of drug-likeness (QED) is 0.848. The second kappa shape index (κ2) is 6.28. The van der Waals surface area contributed by atoms with Crippen molar-refractivity contribution in [2.75, 3.05) is 0 Å². The van der Waals surface area contributed by atoms with E-state index < -0.39 is 5.41 Å². The first-order valence-corrected chi connectivity index (χ1v) is 8.42. The van der Waals surface area contributed by atoms with E-state index in [9.17, 15) is 9.59 Å². The number of carbonyl (C=O) groups excluding carboxylic acids is 1. The number of hydrogen-bond donors (Lipinski definition) is 0. The lowest BCUT2D eigenvalue weighted by Crippen LogP contribution is -2.30. The minimum Gasteiger partial charge on any atom is -0.302 e. The van der Waals surface area contributed by atoms with Gasteiger partial charge in [-0.2, -0.15) is 0 Å². The topological polar surface area (TPSA) is 39.1 Å². The van der Waals surface area contributed by atoms with Crippen LogP contribution in [0.3, 0.4) is 0 Å². The molecular weight excluding hydrogens is 306 g/mol. The van der Waals surface area contributed by atoms with Gasteiger partial charge in [-0.3, -0.25) is 9.59 Å². The molecule has 4 heteroatoms. The van der Waals surface area contributed by atoms with Gasteiger partial charge in [0, 0.05) is 18.5 Å². The molecule has 1 heterocycles. The number of Topliss-reactive ketones (excluding diaryl/α,β-unsaturated/α-hetero) is 1. The number of thiazole rings is 1. The fraction of sp³-hybridized carbons (Fsp3) is 0.368. The van der Waals surface area contributed by atoms with Gasteiger partial charge in [-0.25, -0.2) is 0 Å². The molecule has 0 spiro atoms. The zero-order chi connectivity index (χ0) is 17.4. The molecule has 2 rings (SSSR count). The molecule has 23 heavy (non-hydrogen) atoms. The van der Waals surface area contributed by atoms with Gasteiger partial charge in [0.25, 0.3) is 5.56 Å². The standard InChI is InChI=1S/C19H23NO2S/c1-12-7-8-14(13(2)9-12)10-15-18(22)20(6)17(23-15)11-16(21)19(3,4)5/h7-11H,1-6H3. The smallest absolute Gasteiger partial charge is 0.268 e. The average Bonchev–Trinajstić information content (AvgIpc) is 2.69. The van der Waals surface area contributed by atoms with Crippen LogP contribution < -0.4 is 14.8 Å². The van der Waals surface area contributed by atoms with Crippen LogP contribution in [0.25, 0.3) is 12.2 Å². The van der Waals surface area contributed by atoms with E-state index in [1.165, 1.54) is 16.9 Å². The summed E-state index contributed by atoms with van der Waals surface area (Å²) in [6, 6.07) is 6.15. The molecule has 0 bridgehead atoms. The lowest BCUT2D eigenvalue weighted by atomic mass is 9.91. The second-order valence-electron chi connectivity index (χ2n) is 6.93. The summed E-state index contributed by atoms with van der Waals surface area (Å²) in [4.78, 5) is 24.6. The molecule has 0 aliphatic carbocycles. The van der Waals surface area contributed by atoms with Crippen LogP contribution in [0.2, 0.25) is 0 Å². The highest BCUT2D eigenvalue weighted by Crippen LogP contribution is 2.15. The van der Waals surface area contributed by atoms with Crippen LogP contribution >= 0.6 is 11.3 Å². The van der Waals surface area contributed by atoms with Crippen molar-refractivity contribution < 1.29 is 4.79 Å². The van der Waals surface area contributed by atoms with E-state index in [0.717, 1.165) is 11.1 Å². The van der Waals surface area contributed by atoms with Crippen molar-refractivity contribution in [2.24, 2.45) is 12.5 Å². The predicted octanol–water partition coefficient (Wildman–Crippen LogP) is 2.29. The van der Waals surface area contributed by atoms with Gasteiger partial charge in [-0.1, -0.05) is 44.5 Å². The number of hydrogen-bond acceptors (Lipinski definition) is 3. The number of aromatic nitrogens is 1. The Balaban J connectivity index is 2.61. The summed E-state index contributed by atoms with van der Waals surface area (Å²) >= 11 is 1.36. The number of aryl methyl sites for hydroxylation is 2. The normalized spacial score (nSPS) is 13.7. The Morgan fingerprint density at radius 2 is 1.87 bits per heavy atom. The van der Waals surface area contributed by atoms with Gasteiger partial charge in [-0.05, 0) is 31.1 Å².